The summed E-state index contributed by atoms with van der Waals surface area (Å²) in [4.78, 5) is 0. The van der Waals surface area contributed by atoms with Crippen LogP contribution in [-0.4, -0.2) is 10.2 Å². The van der Waals surface area contributed by atoms with Gasteiger partial charge in [0, 0.05) is 11.6 Å². The summed E-state index contributed by atoms with van der Waals surface area (Å²) in [7, 11) is 0. The Balaban J connectivity index is 2.45. The first-order valence-electron chi connectivity index (χ1n) is 3.83. The first kappa shape index (κ1) is 7.55. The first-order valence-corrected chi connectivity index (χ1v) is 3.83. The van der Waals surface area contributed by atoms with Crippen molar-refractivity contribution in [1.82, 2.24) is 0 Å². The molecular formula is C9H9FO2. The quantitative estimate of drug-likeness (QED) is 0.667. The number of rotatable bonds is 1. The molecule has 1 aliphatic carbocycles. The lowest BCUT2D eigenvalue weighted by Gasteiger charge is -2.09. The molecule has 1 aromatic carbocycles. The largest absolute Gasteiger partial charge is 0.507 e. The third-order valence-electron chi connectivity index (χ3n) is 2.18. The number of halogens is 1. The maximum Gasteiger partial charge on any atom is 0.126 e. The molecule has 0 atom stereocenters. The summed E-state index contributed by atoms with van der Waals surface area (Å²) < 4.78 is 12.5. The van der Waals surface area contributed by atoms with E-state index < -0.39 is 11.4 Å². The average molecular weight is 168 g/mol. The Morgan fingerprint density at radius 3 is 2.50 bits per heavy atom. The topological polar surface area (TPSA) is 40.5 Å². The molecule has 0 spiro atoms. The molecule has 12 heavy (non-hydrogen) atoms. The molecule has 0 aromatic heterocycles. The molecule has 0 aliphatic heterocycles. The second kappa shape index (κ2) is 2.20. The van der Waals surface area contributed by atoms with Gasteiger partial charge >= 0.3 is 0 Å². The van der Waals surface area contributed by atoms with Crippen LogP contribution in [0.25, 0.3) is 0 Å². The molecule has 1 saturated carbocycles. The highest BCUT2D eigenvalue weighted by molar-refractivity contribution is 5.40. The monoisotopic (exact) mass is 168 g/mol. The van der Waals surface area contributed by atoms with Crippen LogP contribution in [0.4, 0.5) is 4.39 Å². The van der Waals surface area contributed by atoms with E-state index in [4.69, 9.17) is 0 Å². The van der Waals surface area contributed by atoms with Crippen molar-refractivity contribution in [2.24, 2.45) is 0 Å². The number of benzene rings is 1. The first-order chi connectivity index (χ1) is 5.62. The molecule has 64 valence electrons. The van der Waals surface area contributed by atoms with Gasteiger partial charge in [0.15, 0.2) is 0 Å². The number of aliphatic hydroxyl groups is 1. The van der Waals surface area contributed by atoms with Gasteiger partial charge < -0.3 is 10.2 Å². The summed E-state index contributed by atoms with van der Waals surface area (Å²) in [6, 6.07) is 3.69. The number of hydrogen-bond donors (Lipinski definition) is 2. The van der Waals surface area contributed by atoms with Crippen LogP contribution in [0.1, 0.15) is 18.4 Å². The van der Waals surface area contributed by atoms with Gasteiger partial charge in [-0.15, -0.1) is 0 Å². The van der Waals surface area contributed by atoms with E-state index >= 15 is 0 Å². The molecule has 1 aromatic rings. The minimum Gasteiger partial charge on any atom is -0.507 e. The fraction of sp³-hybridized carbons (Fsp3) is 0.333. The molecule has 2 nitrogen and oxygen atoms in total. The van der Waals surface area contributed by atoms with Crippen LogP contribution in [0, 0.1) is 5.82 Å². The molecule has 0 radical (unpaired) electrons. The zero-order chi connectivity index (χ0) is 8.77. The molecule has 2 rings (SSSR count). The third-order valence-corrected chi connectivity index (χ3v) is 2.18. The van der Waals surface area contributed by atoms with Gasteiger partial charge in [-0.1, -0.05) is 0 Å². The lowest BCUT2D eigenvalue weighted by molar-refractivity contribution is 0.147. The van der Waals surface area contributed by atoms with Gasteiger partial charge in [-0.3, -0.25) is 0 Å². The summed E-state index contributed by atoms with van der Waals surface area (Å²) in [5, 5.41) is 18.9. The maximum absolute atomic E-state index is 12.5. The van der Waals surface area contributed by atoms with Gasteiger partial charge in [0.25, 0.3) is 0 Å². The van der Waals surface area contributed by atoms with Crippen LogP contribution >= 0.6 is 0 Å². The summed E-state index contributed by atoms with van der Waals surface area (Å²) in [6.07, 6.45) is 1.29. The van der Waals surface area contributed by atoms with Crippen LogP contribution < -0.4 is 0 Å². The molecule has 0 saturated heterocycles. The summed E-state index contributed by atoms with van der Waals surface area (Å²) in [5.74, 6) is -0.643. The lowest BCUT2D eigenvalue weighted by Crippen LogP contribution is -2.04. The SMILES string of the molecule is Oc1cc(F)ccc1C1(O)CC1. The van der Waals surface area contributed by atoms with Crippen molar-refractivity contribution in [3.05, 3.63) is 29.6 Å². The molecule has 1 fully saturated rings. The van der Waals surface area contributed by atoms with Crippen LogP contribution in [0.15, 0.2) is 18.2 Å². The molecule has 0 heterocycles. The van der Waals surface area contributed by atoms with E-state index in [0.29, 0.717) is 18.4 Å². The second-order valence-corrected chi connectivity index (χ2v) is 3.19. The maximum atomic E-state index is 12.5. The lowest BCUT2D eigenvalue weighted by atomic mass is 10.1. The zero-order valence-corrected chi connectivity index (χ0v) is 6.42. The average Bonchev–Trinajstić information content (AvgIpc) is 2.68. The van der Waals surface area contributed by atoms with Crippen LogP contribution in [-0.2, 0) is 5.60 Å². The van der Waals surface area contributed by atoms with Gasteiger partial charge in [0.1, 0.15) is 11.6 Å². The third kappa shape index (κ3) is 1.06. The fourth-order valence-corrected chi connectivity index (χ4v) is 1.29. The Kier molecular flexibility index (Phi) is 1.38. The van der Waals surface area contributed by atoms with Crippen LogP contribution in [0.3, 0.4) is 0 Å². The molecule has 0 unspecified atom stereocenters. The van der Waals surface area contributed by atoms with E-state index in [1.54, 1.807) is 0 Å². The van der Waals surface area contributed by atoms with Crippen molar-refractivity contribution >= 4 is 0 Å². The Hall–Kier alpha value is -1.09. The Morgan fingerprint density at radius 1 is 1.33 bits per heavy atom. The minimum atomic E-state index is -0.891. The predicted octanol–water partition coefficient (Wildman–Crippen LogP) is 1.51. The summed E-state index contributed by atoms with van der Waals surface area (Å²) >= 11 is 0. The smallest absolute Gasteiger partial charge is 0.126 e. The van der Waals surface area contributed by atoms with Crippen molar-refractivity contribution in [1.29, 1.82) is 0 Å². The highest BCUT2D eigenvalue weighted by Gasteiger charge is 2.43. The van der Waals surface area contributed by atoms with Gasteiger partial charge in [0.05, 0.1) is 5.60 Å². The molecule has 1 aliphatic rings. The molecule has 3 heteroatoms. The summed E-state index contributed by atoms with van der Waals surface area (Å²) in [6.45, 7) is 0. The number of aromatic hydroxyl groups is 1. The molecule has 2 N–H and O–H groups in total. The van der Waals surface area contributed by atoms with Crippen molar-refractivity contribution in [3.8, 4) is 5.75 Å². The Morgan fingerprint density at radius 2 is 2.00 bits per heavy atom. The number of hydrogen-bond acceptors (Lipinski definition) is 2. The molecule has 0 bridgehead atoms. The fourth-order valence-electron chi connectivity index (χ4n) is 1.29. The second-order valence-electron chi connectivity index (χ2n) is 3.19. The van der Waals surface area contributed by atoms with E-state index in [1.165, 1.54) is 12.1 Å². The van der Waals surface area contributed by atoms with Crippen LogP contribution in [0.5, 0.6) is 5.75 Å². The van der Waals surface area contributed by atoms with Crippen molar-refractivity contribution < 1.29 is 14.6 Å². The van der Waals surface area contributed by atoms with E-state index in [-0.39, 0.29) is 5.75 Å². The molecule has 0 amide bonds. The van der Waals surface area contributed by atoms with E-state index in [9.17, 15) is 14.6 Å². The Labute approximate surface area is 69.3 Å². The highest BCUT2D eigenvalue weighted by atomic mass is 19.1. The van der Waals surface area contributed by atoms with Crippen molar-refractivity contribution in [3.63, 3.8) is 0 Å². The van der Waals surface area contributed by atoms with Gasteiger partial charge in [-0.2, -0.15) is 0 Å². The normalized spacial score (nSPS) is 19.2. The van der Waals surface area contributed by atoms with E-state index in [1.807, 2.05) is 0 Å². The zero-order valence-electron chi connectivity index (χ0n) is 6.42. The van der Waals surface area contributed by atoms with Gasteiger partial charge in [-0.25, -0.2) is 4.39 Å². The predicted molar refractivity (Wildman–Crippen MR) is 41.2 cm³/mol. The van der Waals surface area contributed by atoms with E-state index in [2.05, 4.69) is 0 Å². The number of phenolic OH excluding ortho intramolecular Hbond substituents is 1. The standard InChI is InChI=1S/C9H9FO2/c10-6-1-2-7(8(11)5-6)9(12)3-4-9/h1-2,5,11-12H,3-4H2. The van der Waals surface area contributed by atoms with Gasteiger partial charge in [-0.05, 0) is 25.0 Å². The van der Waals surface area contributed by atoms with E-state index in [0.717, 1.165) is 6.07 Å². The number of phenols is 1. The Bertz CT molecular complexity index is 318. The highest BCUT2D eigenvalue weighted by Crippen LogP contribution is 2.48. The molecular weight excluding hydrogens is 159 g/mol. The van der Waals surface area contributed by atoms with Crippen molar-refractivity contribution in [2.75, 3.05) is 0 Å². The minimum absolute atomic E-state index is 0.157. The van der Waals surface area contributed by atoms with Crippen molar-refractivity contribution in [2.45, 2.75) is 18.4 Å². The van der Waals surface area contributed by atoms with Gasteiger partial charge in [0.2, 0.25) is 0 Å². The van der Waals surface area contributed by atoms with Crippen LogP contribution in [0.2, 0.25) is 0 Å². The summed E-state index contributed by atoms with van der Waals surface area (Å²) in [5.41, 5.74) is -0.457.